The predicted octanol–water partition coefficient (Wildman–Crippen LogP) is 0.635. The van der Waals surface area contributed by atoms with Gasteiger partial charge in [-0.05, 0) is 34.0 Å². The second kappa shape index (κ2) is 6.46. The van der Waals surface area contributed by atoms with E-state index < -0.39 is 5.97 Å². The van der Waals surface area contributed by atoms with Crippen LogP contribution >= 0.6 is 0 Å². The van der Waals surface area contributed by atoms with Gasteiger partial charge in [-0.1, -0.05) is 5.21 Å². The lowest BCUT2D eigenvalue weighted by Gasteiger charge is -2.14. The SMILES string of the molecule is COC(C)c1c(C(=O)O)nnn1CCCN(C)C. The number of ether oxygens (including phenoxy) is 1. The number of aromatic carboxylic acids is 1. The minimum Gasteiger partial charge on any atom is -0.476 e. The van der Waals surface area contributed by atoms with Gasteiger partial charge in [0.05, 0.1) is 6.10 Å². The number of aryl methyl sites for hydroxylation is 1. The average molecular weight is 256 g/mol. The van der Waals surface area contributed by atoms with Gasteiger partial charge in [0, 0.05) is 13.7 Å². The maximum Gasteiger partial charge on any atom is 0.358 e. The molecular formula is C11H20N4O3. The van der Waals surface area contributed by atoms with Crippen LogP contribution in [0.4, 0.5) is 0 Å². The zero-order valence-electron chi connectivity index (χ0n) is 11.3. The van der Waals surface area contributed by atoms with Crippen LogP contribution in [0.15, 0.2) is 0 Å². The van der Waals surface area contributed by atoms with Crippen molar-refractivity contribution < 1.29 is 14.6 Å². The Kier molecular flexibility index (Phi) is 5.24. The molecule has 0 bridgehead atoms. The van der Waals surface area contributed by atoms with E-state index in [-0.39, 0.29) is 11.8 Å². The van der Waals surface area contributed by atoms with Crippen LogP contribution in [0, 0.1) is 0 Å². The fourth-order valence-electron chi connectivity index (χ4n) is 1.69. The van der Waals surface area contributed by atoms with Crippen molar-refractivity contribution in [1.82, 2.24) is 19.9 Å². The van der Waals surface area contributed by atoms with E-state index in [0.29, 0.717) is 12.2 Å². The van der Waals surface area contributed by atoms with Gasteiger partial charge < -0.3 is 14.7 Å². The molecule has 1 rings (SSSR count). The highest BCUT2D eigenvalue weighted by Gasteiger charge is 2.23. The van der Waals surface area contributed by atoms with Crippen LogP contribution in [0.3, 0.4) is 0 Å². The van der Waals surface area contributed by atoms with Gasteiger partial charge in [0.1, 0.15) is 5.69 Å². The molecule has 0 saturated heterocycles. The van der Waals surface area contributed by atoms with Gasteiger partial charge in [0.25, 0.3) is 0 Å². The summed E-state index contributed by atoms with van der Waals surface area (Å²) in [6, 6.07) is 0. The Labute approximate surface area is 106 Å². The summed E-state index contributed by atoms with van der Waals surface area (Å²) in [5.74, 6) is -1.08. The first-order valence-corrected chi connectivity index (χ1v) is 5.81. The summed E-state index contributed by atoms with van der Waals surface area (Å²) in [4.78, 5) is 13.1. The Morgan fingerprint density at radius 3 is 2.72 bits per heavy atom. The summed E-state index contributed by atoms with van der Waals surface area (Å²) in [5.41, 5.74) is 0.484. The molecule has 0 aliphatic heterocycles. The topological polar surface area (TPSA) is 80.5 Å². The smallest absolute Gasteiger partial charge is 0.358 e. The van der Waals surface area contributed by atoms with Gasteiger partial charge in [-0.3, -0.25) is 0 Å². The fourth-order valence-corrected chi connectivity index (χ4v) is 1.69. The number of carboxylic acids is 1. The molecule has 0 aliphatic rings. The lowest BCUT2D eigenvalue weighted by molar-refractivity contribution is 0.0673. The first-order chi connectivity index (χ1) is 8.47. The van der Waals surface area contributed by atoms with Crippen LogP contribution in [-0.2, 0) is 11.3 Å². The maximum atomic E-state index is 11.1. The number of carboxylic acid groups (broad SMARTS) is 1. The number of aromatic nitrogens is 3. The molecule has 0 saturated carbocycles. The van der Waals surface area contributed by atoms with Crippen molar-refractivity contribution in [2.45, 2.75) is 26.0 Å². The fraction of sp³-hybridized carbons (Fsp3) is 0.727. The summed E-state index contributed by atoms with van der Waals surface area (Å²) in [5, 5.41) is 16.7. The van der Waals surface area contributed by atoms with Gasteiger partial charge in [-0.2, -0.15) is 0 Å². The standard InChI is InChI=1S/C11H20N4O3/c1-8(18-4)10-9(11(16)17)12-13-15(10)7-5-6-14(2)3/h8H,5-7H2,1-4H3,(H,16,17). The monoisotopic (exact) mass is 256 g/mol. The molecule has 0 spiro atoms. The largest absolute Gasteiger partial charge is 0.476 e. The third-order valence-electron chi connectivity index (χ3n) is 2.69. The molecule has 1 aromatic rings. The lowest BCUT2D eigenvalue weighted by atomic mass is 10.2. The number of carbonyl (C=O) groups is 1. The number of rotatable bonds is 7. The molecule has 0 radical (unpaired) electrons. The first kappa shape index (κ1) is 14.6. The van der Waals surface area contributed by atoms with Crippen molar-refractivity contribution in [3.8, 4) is 0 Å². The Bertz CT molecular complexity index is 403. The van der Waals surface area contributed by atoms with Crippen LogP contribution in [0.1, 0.15) is 35.6 Å². The van der Waals surface area contributed by atoms with Crippen molar-refractivity contribution >= 4 is 5.97 Å². The van der Waals surface area contributed by atoms with Crippen LogP contribution in [-0.4, -0.2) is 58.7 Å². The molecular weight excluding hydrogens is 236 g/mol. The molecule has 0 amide bonds. The van der Waals surface area contributed by atoms with E-state index in [1.165, 1.54) is 7.11 Å². The number of hydrogen-bond donors (Lipinski definition) is 1. The van der Waals surface area contributed by atoms with Crippen LogP contribution in [0.5, 0.6) is 0 Å². The zero-order chi connectivity index (χ0) is 13.7. The van der Waals surface area contributed by atoms with Crippen molar-refractivity contribution in [2.75, 3.05) is 27.7 Å². The highest BCUT2D eigenvalue weighted by molar-refractivity contribution is 5.86. The van der Waals surface area contributed by atoms with E-state index in [2.05, 4.69) is 15.2 Å². The Morgan fingerprint density at radius 2 is 2.22 bits per heavy atom. The zero-order valence-corrected chi connectivity index (χ0v) is 11.3. The van der Waals surface area contributed by atoms with Gasteiger partial charge in [-0.15, -0.1) is 5.10 Å². The highest BCUT2D eigenvalue weighted by Crippen LogP contribution is 2.19. The summed E-state index contributed by atoms with van der Waals surface area (Å²) in [6.07, 6.45) is 0.532. The second-order valence-corrected chi connectivity index (χ2v) is 4.39. The van der Waals surface area contributed by atoms with Gasteiger partial charge in [0.2, 0.25) is 0 Å². The Morgan fingerprint density at radius 1 is 1.56 bits per heavy atom. The molecule has 0 fully saturated rings. The molecule has 18 heavy (non-hydrogen) atoms. The van der Waals surface area contributed by atoms with Gasteiger partial charge in [0.15, 0.2) is 5.69 Å². The second-order valence-electron chi connectivity index (χ2n) is 4.39. The number of methoxy groups -OCH3 is 1. The molecule has 1 heterocycles. The molecule has 7 heteroatoms. The molecule has 1 N–H and O–H groups in total. The van der Waals surface area contributed by atoms with Crippen molar-refractivity contribution in [3.05, 3.63) is 11.4 Å². The Balaban J connectivity index is 2.87. The summed E-state index contributed by atoms with van der Waals surface area (Å²) >= 11 is 0. The third-order valence-corrected chi connectivity index (χ3v) is 2.69. The first-order valence-electron chi connectivity index (χ1n) is 5.81. The van der Waals surface area contributed by atoms with Crippen LogP contribution in [0.2, 0.25) is 0 Å². The number of nitrogens with zero attached hydrogens (tertiary/aromatic N) is 4. The van der Waals surface area contributed by atoms with E-state index in [9.17, 15) is 4.79 Å². The van der Waals surface area contributed by atoms with Gasteiger partial charge in [-0.25, -0.2) is 9.48 Å². The minimum absolute atomic E-state index is 0.0331. The normalized spacial score (nSPS) is 12.9. The molecule has 102 valence electrons. The summed E-state index contributed by atoms with van der Waals surface area (Å²) in [7, 11) is 5.51. The maximum absolute atomic E-state index is 11.1. The van der Waals surface area contributed by atoms with E-state index in [4.69, 9.17) is 9.84 Å². The molecule has 1 aromatic heterocycles. The van der Waals surface area contributed by atoms with Gasteiger partial charge >= 0.3 is 5.97 Å². The molecule has 1 atom stereocenters. The van der Waals surface area contributed by atoms with E-state index in [1.807, 2.05) is 14.1 Å². The highest BCUT2D eigenvalue weighted by atomic mass is 16.5. The van der Waals surface area contributed by atoms with E-state index >= 15 is 0 Å². The molecule has 1 unspecified atom stereocenters. The summed E-state index contributed by atoms with van der Waals surface area (Å²) < 4.78 is 6.79. The summed E-state index contributed by atoms with van der Waals surface area (Å²) in [6.45, 7) is 3.32. The van der Waals surface area contributed by atoms with E-state index in [0.717, 1.165) is 13.0 Å². The average Bonchev–Trinajstić information content (AvgIpc) is 2.71. The lowest BCUT2D eigenvalue weighted by Crippen LogP contribution is -2.17. The quantitative estimate of drug-likeness (QED) is 0.771. The number of hydrogen-bond acceptors (Lipinski definition) is 5. The van der Waals surface area contributed by atoms with Crippen molar-refractivity contribution in [3.63, 3.8) is 0 Å². The molecule has 7 nitrogen and oxygen atoms in total. The van der Waals surface area contributed by atoms with Crippen molar-refractivity contribution in [1.29, 1.82) is 0 Å². The molecule has 0 aromatic carbocycles. The minimum atomic E-state index is -1.08. The van der Waals surface area contributed by atoms with Crippen LogP contribution < -0.4 is 0 Å². The third kappa shape index (κ3) is 3.51. The van der Waals surface area contributed by atoms with Crippen LogP contribution in [0.25, 0.3) is 0 Å². The Hall–Kier alpha value is -1.47. The predicted molar refractivity (Wildman–Crippen MR) is 65.6 cm³/mol. The van der Waals surface area contributed by atoms with Crippen molar-refractivity contribution in [2.24, 2.45) is 0 Å². The molecule has 0 aliphatic carbocycles. The van der Waals surface area contributed by atoms with E-state index in [1.54, 1.807) is 11.6 Å².